The Bertz CT molecular complexity index is 446. The van der Waals surface area contributed by atoms with Crippen molar-refractivity contribution >= 4 is 6.09 Å². The molecule has 1 atom stereocenters. The van der Waals surface area contributed by atoms with E-state index < -0.39 is 12.5 Å². The van der Waals surface area contributed by atoms with Crippen LogP contribution in [0.4, 0.5) is 4.79 Å². The van der Waals surface area contributed by atoms with Gasteiger partial charge in [0.15, 0.2) is 0 Å². The molecule has 0 aliphatic rings. The molecular weight excluding hydrogens is 248 g/mol. The lowest BCUT2D eigenvalue weighted by Crippen LogP contribution is -2.32. The summed E-state index contributed by atoms with van der Waals surface area (Å²) in [7, 11) is 6.58. The lowest BCUT2D eigenvalue weighted by atomic mass is 10.2. The van der Waals surface area contributed by atoms with E-state index in [1.807, 2.05) is 6.92 Å². The molecule has 0 spiro atoms. The minimum Gasteiger partial charge on any atom is -0.451 e. The van der Waals surface area contributed by atoms with Crippen LogP contribution in [-0.2, 0) is 0 Å². The van der Waals surface area contributed by atoms with Crippen molar-refractivity contribution in [2.24, 2.45) is 0 Å². The molecule has 1 amide bonds. The lowest BCUT2D eigenvalue weighted by molar-refractivity contribution is -0.114. The third-order valence-electron chi connectivity index (χ3n) is 2.28. The molecule has 0 saturated carbocycles. The first-order valence-electron chi connectivity index (χ1n) is 5.81. The van der Waals surface area contributed by atoms with Gasteiger partial charge in [-0.3, -0.25) is 4.90 Å². The van der Waals surface area contributed by atoms with E-state index in [-0.39, 0.29) is 0 Å². The van der Waals surface area contributed by atoms with Gasteiger partial charge in [0.05, 0.1) is 0 Å². The number of nitrogens with zero attached hydrogens (tertiary/aromatic N) is 2. The third kappa shape index (κ3) is 4.76. The van der Waals surface area contributed by atoms with Crippen LogP contribution in [0.5, 0.6) is 11.5 Å². The highest BCUT2D eigenvalue weighted by Gasteiger charge is 2.12. The first kappa shape index (κ1) is 15.3. The van der Waals surface area contributed by atoms with Gasteiger partial charge in [-0.05, 0) is 38.7 Å². The molecule has 6 heteroatoms. The Kier molecular flexibility index (Phi) is 5.14. The minimum atomic E-state index is -1.06. The number of hydrogen-bond acceptors (Lipinski definition) is 5. The number of carbonyl (C=O) groups is 1. The molecule has 0 fully saturated rings. The number of aryl methyl sites for hydroxylation is 1. The summed E-state index contributed by atoms with van der Waals surface area (Å²) < 4.78 is 10.5. The smallest absolute Gasteiger partial charge is 0.414 e. The van der Waals surface area contributed by atoms with Gasteiger partial charge in [0.2, 0.25) is 0 Å². The minimum absolute atomic E-state index is 0.375. The van der Waals surface area contributed by atoms with Crippen LogP contribution in [0.2, 0.25) is 0 Å². The molecule has 0 aliphatic carbocycles. The summed E-state index contributed by atoms with van der Waals surface area (Å²) in [6.45, 7) is 1.85. The van der Waals surface area contributed by atoms with Gasteiger partial charge >= 0.3 is 6.09 Å². The van der Waals surface area contributed by atoms with Crippen molar-refractivity contribution in [1.82, 2.24) is 9.80 Å². The lowest BCUT2D eigenvalue weighted by Gasteiger charge is -2.20. The zero-order valence-electron chi connectivity index (χ0n) is 11.9. The van der Waals surface area contributed by atoms with E-state index in [4.69, 9.17) is 9.47 Å². The number of amides is 1. The van der Waals surface area contributed by atoms with Crippen LogP contribution < -0.4 is 9.47 Å². The molecule has 0 radical (unpaired) electrons. The van der Waals surface area contributed by atoms with Gasteiger partial charge in [0.25, 0.3) is 6.41 Å². The van der Waals surface area contributed by atoms with Crippen LogP contribution in [0.15, 0.2) is 18.2 Å². The Morgan fingerprint density at radius 3 is 2.26 bits per heavy atom. The average Bonchev–Trinajstić information content (AvgIpc) is 2.27. The number of rotatable bonds is 4. The first-order chi connectivity index (χ1) is 8.79. The van der Waals surface area contributed by atoms with E-state index in [1.54, 1.807) is 46.4 Å². The highest BCUT2D eigenvalue weighted by molar-refractivity contribution is 5.70. The van der Waals surface area contributed by atoms with Gasteiger partial charge in [-0.25, -0.2) is 4.79 Å². The fraction of sp³-hybridized carbons (Fsp3) is 0.462. The fourth-order valence-electron chi connectivity index (χ4n) is 1.26. The van der Waals surface area contributed by atoms with Crippen LogP contribution in [0.1, 0.15) is 5.56 Å². The van der Waals surface area contributed by atoms with E-state index in [0.29, 0.717) is 11.5 Å². The predicted octanol–water partition coefficient (Wildman–Crippen LogP) is 1.27. The third-order valence-corrected chi connectivity index (χ3v) is 2.28. The molecule has 1 aromatic rings. The second kappa shape index (κ2) is 6.40. The van der Waals surface area contributed by atoms with Crippen molar-refractivity contribution in [1.29, 1.82) is 0 Å². The number of benzene rings is 1. The summed E-state index contributed by atoms with van der Waals surface area (Å²) in [6, 6.07) is 5.02. The van der Waals surface area contributed by atoms with Crippen molar-refractivity contribution in [2.75, 3.05) is 28.2 Å². The first-order valence-corrected chi connectivity index (χ1v) is 5.81. The fourth-order valence-corrected chi connectivity index (χ4v) is 1.26. The van der Waals surface area contributed by atoms with E-state index in [0.717, 1.165) is 5.56 Å². The predicted molar refractivity (Wildman–Crippen MR) is 71.2 cm³/mol. The number of aliphatic hydroxyl groups excluding tert-OH is 1. The van der Waals surface area contributed by atoms with Crippen LogP contribution in [0.3, 0.4) is 0 Å². The Hall–Kier alpha value is -1.79. The maximum absolute atomic E-state index is 11.5. The number of carbonyl (C=O) groups excluding carboxylic acids is 1. The average molecular weight is 268 g/mol. The monoisotopic (exact) mass is 268 g/mol. The molecule has 6 nitrogen and oxygen atoms in total. The van der Waals surface area contributed by atoms with E-state index >= 15 is 0 Å². The number of ether oxygens (including phenoxy) is 2. The van der Waals surface area contributed by atoms with Gasteiger partial charge < -0.3 is 19.5 Å². The second-order valence-corrected chi connectivity index (χ2v) is 4.65. The van der Waals surface area contributed by atoms with Gasteiger partial charge in [0.1, 0.15) is 11.5 Å². The Labute approximate surface area is 113 Å². The summed E-state index contributed by atoms with van der Waals surface area (Å²) in [5.74, 6) is 0.808. The van der Waals surface area contributed by atoms with Crippen LogP contribution in [0.25, 0.3) is 0 Å². The van der Waals surface area contributed by atoms with Gasteiger partial charge in [-0.15, -0.1) is 0 Å². The Balaban J connectivity index is 2.85. The molecule has 106 valence electrons. The summed E-state index contributed by atoms with van der Waals surface area (Å²) in [5, 5.41) is 9.62. The maximum atomic E-state index is 11.5. The van der Waals surface area contributed by atoms with Gasteiger partial charge in [-0.2, -0.15) is 0 Å². The molecule has 0 bridgehead atoms. The highest BCUT2D eigenvalue weighted by Crippen LogP contribution is 2.23. The summed E-state index contributed by atoms with van der Waals surface area (Å²) in [6.07, 6.45) is -1.52. The quantitative estimate of drug-likeness (QED) is 0.833. The summed E-state index contributed by atoms with van der Waals surface area (Å²) in [5.41, 5.74) is 0.866. The van der Waals surface area contributed by atoms with Crippen LogP contribution in [0, 0.1) is 6.92 Å². The molecule has 0 aromatic heterocycles. The highest BCUT2D eigenvalue weighted by atomic mass is 16.6. The van der Waals surface area contributed by atoms with Gasteiger partial charge in [0, 0.05) is 20.2 Å². The van der Waals surface area contributed by atoms with E-state index in [1.165, 1.54) is 9.80 Å². The van der Waals surface area contributed by atoms with Crippen molar-refractivity contribution < 1.29 is 19.4 Å². The summed E-state index contributed by atoms with van der Waals surface area (Å²) in [4.78, 5) is 14.3. The van der Waals surface area contributed by atoms with Crippen molar-refractivity contribution in [3.63, 3.8) is 0 Å². The molecule has 1 N–H and O–H groups in total. The zero-order valence-corrected chi connectivity index (χ0v) is 11.9. The molecule has 19 heavy (non-hydrogen) atoms. The van der Waals surface area contributed by atoms with Crippen molar-refractivity contribution in [2.45, 2.75) is 13.3 Å². The summed E-state index contributed by atoms with van der Waals surface area (Å²) >= 11 is 0. The number of aliphatic hydroxyl groups is 1. The Morgan fingerprint density at radius 1 is 1.16 bits per heavy atom. The molecule has 1 aromatic carbocycles. The normalized spacial score (nSPS) is 12.2. The SMILES string of the molecule is Cc1cc(OC(=O)N(C)C)cc(OC(O)N(C)C)c1. The molecule has 0 saturated heterocycles. The van der Waals surface area contributed by atoms with Gasteiger partial charge in [-0.1, -0.05) is 0 Å². The number of hydrogen-bond donors (Lipinski definition) is 1. The zero-order chi connectivity index (χ0) is 14.6. The van der Waals surface area contributed by atoms with Crippen LogP contribution >= 0.6 is 0 Å². The van der Waals surface area contributed by atoms with E-state index in [2.05, 4.69) is 0 Å². The maximum Gasteiger partial charge on any atom is 0.414 e. The van der Waals surface area contributed by atoms with Crippen molar-refractivity contribution in [3.05, 3.63) is 23.8 Å². The molecule has 1 rings (SSSR count). The molecule has 0 heterocycles. The van der Waals surface area contributed by atoms with Crippen LogP contribution in [-0.4, -0.2) is 55.6 Å². The molecule has 0 aliphatic heterocycles. The molecular formula is C13H20N2O4. The topological polar surface area (TPSA) is 62.2 Å². The van der Waals surface area contributed by atoms with Crippen molar-refractivity contribution in [3.8, 4) is 11.5 Å². The Morgan fingerprint density at radius 2 is 1.74 bits per heavy atom. The largest absolute Gasteiger partial charge is 0.451 e. The second-order valence-electron chi connectivity index (χ2n) is 4.65. The molecule has 1 unspecified atom stereocenters. The van der Waals surface area contributed by atoms with E-state index in [9.17, 15) is 9.90 Å². The standard InChI is InChI=1S/C13H20N2O4/c1-9-6-10(18-12(16)14(2)3)8-11(7-9)19-13(17)15(4)5/h6-8,12,16H,1-5H3.